The van der Waals surface area contributed by atoms with E-state index in [9.17, 15) is 37.9 Å². The number of carbonyl (C=O) groups excluding carboxylic acids is 2. The van der Waals surface area contributed by atoms with Crippen LogP contribution in [0.25, 0.3) is 0 Å². The molecule has 0 amide bonds. The highest BCUT2D eigenvalue weighted by Gasteiger charge is 2.46. The van der Waals surface area contributed by atoms with E-state index in [1.807, 2.05) is 0 Å². The maximum absolute atomic E-state index is 12.9. The Morgan fingerprint density at radius 3 is 1.35 bits per heavy atom. The van der Waals surface area contributed by atoms with Crippen molar-refractivity contribution >= 4 is 22.1 Å². The molecule has 0 bridgehead atoms. The lowest BCUT2D eigenvalue weighted by molar-refractivity contribution is -0.297. The molecule has 0 radical (unpaired) electrons. The Bertz CT molecular complexity index is 1310. The van der Waals surface area contributed by atoms with E-state index >= 15 is 0 Å². The summed E-state index contributed by atoms with van der Waals surface area (Å²) >= 11 is 0. The van der Waals surface area contributed by atoms with E-state index in [0.29, 0.717) is 19.3 Å². The first kappa shape index (κ1) is 62.1. The minimum absolute atomic E-state index is 0.119. The SMILES string of the molecule is CCCC/C=C/CCCCCCCCCCCC(=O)OC[C@H](CO[C@H]1O[C@H](CS(=O)(=O)O)[C@@H](O)C(O)C1O)OC(=O)CCC/C=C/CCCCCCCCCCCCCCCCCCCC. The van der Waals surface area contributed by atoms with E-state index in [-0.39, 0.29) is 19.4 Å². The smallest absolute Gasteiger partial charge is 0.306 e. The zero-order valence-electron chi connectivity index (χ0n) is 41.8. The number of carbonyl (C=O) groups is 2. The Morgan fingerprint density at radius 2 is 0.894 bits per heavy atom. The number of allylic oxidation sites excluding steroid dienone is 4. The van der Waals surface area contributed by atoms with Gasteiger partial charge in [-0.3, -0.25) is 14.1 Å². The summed E-state index contributed by atoms with van der Waals surface area (Å²) in [7, 11) is -4.61. The van der Waals surface area contributed by atoms with Crippen molar-refractivity contribution in [1.82, 2.24) is 0 Å². The summed E-state index contributed by atoms with van der Waals surface area (Å²) in [5.41, 5.74) is 0. The quantitative estimate of drug-likeness (QED) is 0.0196. The number of unbranched alkanes of at least 4 members (excludes halogenated alkanes) is 30. The number of hydrogen-bond donors (Lipinski definition) is 4. The molecule has 12 nitrogen and oxygen atoms in total. The van der Waals surface area contributed by atoms with Crippen LogP contribution in [0, 0.1) is 0 Å². The van der Waals surface area contributed by atoms with Crippen LogP contribution in [0.1, 0.15) is 245 Å². The van der Waals surface area contributed by atoms with Crippen molar-refractivity contribution in [3.05, 3.63) is 24.3 Å². The molecule has 1 saturated heterocycles. The van der Waals surface area contributed by atoms with E-state index in [2.05, 4.69) is 38.2 Å². The van der Waals surface area contributed by atoms with Crippen molar-refractivity contribution in [2.24, 2.45) is 0 Å². The summed E-state index contributed by atoms with van der Waals surface area (Å²) in [5, 5.41) is 31.0. The van der Waals surface area contributed by atoms with Crippen LogP contribution in [-0.4, -0.2) is 96.0 Å². The minimum atomic E-state index is -4.61. The summed E-state index contributed by atoms with van der Waals surface area (Å²) in [5.74, 6) is -2.01. The Labute approximate surface area is 402 Å². The number of esters is 2. The molecule has 4 N–H and O–H groups in total. The fraction of sp³-hybridized carbons (Fsp3) is 0.887. The third-order valence-corrected chi connectivity index (χ3v) is 13.3. The lowest BCUT2D eigenvalue weighted by Gasteiger charge is -2.40. The van der Waals surface area contributed by atoms with E-state index in [1.165, 1.54) is 167 Å². The zero-order chi connectivity index (χ0) is 48.4. The van der Waals surface area contributed by atoms with Gasteiger partial charge in [-0.25, -0.2) is 0 Å². The molecule has 6 atom stereocenters. The summed E-state index contributed by atoms with van der Waals surface area (Å²) in [4.78, 5) is 25.5. The van der Waals surface area contributed by atoms with Crippen LogP contribution < -0.4 is 0 Å². The molecule has 0 aromatic carbocycles. The first-order valence-corrected chi connectivity index (χ1v) is 28.5. The fourth-order valence-corrected chi connectivity index (χ4v) is 9.00. The molecule has 2 unspecified atom stereocenters. The molecular weight excluding hydrogens is 861 g/mol. The highest BCUT2D eigenvalue weighted by molar-refractivity contribution is 7.85. The van der Waals surface area contributed by atoms with E-state index in [1.54, 1.807) is 0 Å². The molecule has 1 fully saturated rings. The largest absolute Gasteiger partial charge is 0.462 e. The predicted molar refractivity (Wildman–Crippen MR) is 266 cm³/mol. The molecule has 0 aromatic heterocycles. The van der Waals surface area contributed by atoms with Gasteiger partial charge in [0.1, 0.15) is 36.8 Å². The molecule has 1 aliphatic heterocycles. The summed E-state index contributed by atoms with van der Waals surface area (Å²) < 4.78 is 54.2. The lowest BCUT2D eigenvalue weighted by atomic mass is 10.00. The van der Waals surface area contributed by atoms with Crippen molar-refractivity contribution in [1.29, 1.82) is 0 Å². The topological polar surface area (TPSA) is 186 Å². The average molecular weight is 959 g/mol. The Morgan fingerprint density at radius 1 is 0.500 bits per heavy atom. The van der Waals surface area contributed by atoms with Gasteiger partial charge >= 0.3 is 11.9 Å². The molecule has 0 aromatic rings. The summed E-state index contributed by atoms with van der Waals surface area (Å²) in [6.07, 6.45) is 40.9. The Hall–Kier alpha value is -1.87. The summed E-state index contributed by atoms with van der Waals surface area (Å²) in [6, 6.07) is 0. The fourth-order valence-electron chi connectivity index (χ4n) is 8.31. The van der Waals surface area contributed by atoms with Gasteiger partial charge in [0.15, 0.2) is 12.4 Å². The van der Waals surface area contributed by atoms with Crippen LogP contribution in [0.15, 0.2) is 24.3 Å². The highest BCUT2D eigenvalue weighted by atomic mass is 32.2. The highest BCUT2D eigenvalue weighted by Crippen LogP contribution is 2.24. The Kier molecular flexibility index (Phi) is 40.7. The van der Waals surface area contributed by atoms with Crippen LogP contribution in [0.5, 0.6) is 0 Å². The standard InChI is InChI=1S/C53H98O12S/c1-3-5-7-9-11-13-15-17-19-20-21-22-23-24-25-26-28-30-32-34-36-38-40-42-49(55)64-46(44-63-53-52(58)51(57)50(56)47(65-53)45-66(59,60)61)43-62-48(54)41-39-37-35-33-31-29-27-18-16-14-12-10-8-6-4-2/h10,12,34,36,46-47,50-53,56-58H,3-9,11,13-33,35,37-45H2,1-2H3,(H,59,60,61)/b12-10+,36-34+/t46-,47-,50-,51?,52?,53+/m1/s1. The van der Waals surface area contributed by atoms with Crippen LogP contribution in [0.4, 0.5) is 0 Å². The third kappa shape index (κ3) is 37.1. The van der Waals surface area contributed by atoms with Crippen molar-refractivity contribution in [3.63, 3.8) is 0 Å². The number of rotatable bonds is 46. The van der Waals surface area contributed by atoms with Crippen LogP contribution in [0.2, 0.25) is 0 Å². The number of aliphatic hydroxyl groups excluding tert-OH is 3. The number of ether oxygens (including phenoxy) is 4. The molecule has 0 spiro atoms. The average Bonchev–Trinajstić information content (AvgIpc) is 3.28. The van der Waals surface area contributed by atoms with Crippen molar-refractivity contribution in [2.75, 3.05) is 19.0 Å². The summed E-state index contributed by atoms with van der Waals surface area (Å²) in [6.45, 7) is 3.75. The maximum Gasteiger partial charge on any atom is 0.306 e. The van der Waals surface area contributed by atoms with Crippen LogP contribution in [-0.2, 0) is 38.7 Å². The maximum atomic E-state index is 12.9. The monoisotopic (exact) mass is 959 g/mol. The van der Waals surface area contributed by atoms with Crippen LogP contribution >= 0.6 is 0 Å². The van der Waals surface area contributed by atoms with Crippen LogP contribution in [0.3, 0.4) is 0 Å². The molecule has 13 heteroatoms. The second-order valence-electron chi connectivity index (χ2n) is 18.9. The lowest BCUT2D eigenvalue weighted by Crippen LogP contribution is -2.60. The van der Waals surface area contributed by atoms with E-state index in [4.69, 9.17) is 18.9 Å². The molecule has 0 aliphatic carbocycles. The molecule has 66 heavy (non-hydrogen) atoms. The van der Waals surface area contributed by atoms with Crippen molar-refractivity contribution < 1.29 is 56.8 Å². The van der Waals surface area contributed by atoms with Gasteiger partial charge in [0.05, 0.1) is 6.61 Å². The molecule has 1 aliphatic rings. The number of hydrogen-bond acceptors (Lipinski definition) is 11. The van der Waals surface area contributed by atoms with E-state index < -0.39 is 71.2 Å². The number of aliphatic hydroxyl groups is 3. The molecule has 1 heterocycles. The Balaban J connectivity index is 2.34. The molecular formula is C53H98O12S. The minimum Gasteiger partial charge on any atom is -0.462 e. The van der Waals surface area contributed by atoms with Gasteiger partial charge in [0, 0.05) is 12.8 Å². The first-order valence-electron chi connectivity index (χ1n) is 26.9. The van der Waals surface area contributed by atoms with Gasteiger partial charge in [-0.2, -0.15) is 8.42 Å². The van der Waals surface area contributed by atoms with Crippen molar-refractivity contribution in [3.8, 4) is 0 Å². The second-order valence-corrected chi connectivity index (χ2v) is 20.4. The molecule has 1 rings (SSSR count). The van der Waals surface area contributed by atoms with Crippen molar-refractivity contribution in [2.45, 2.75) is 282 Å². The van der Waals surface area contributed by atoms with E-state index in [0.717, 1.165) is 32.1 Å². The van der Waals surface area contributed by atoms with Gasteiger partial charge in [-0.1, -0.05) is 205 Å². The van der Waals surface area contributed by atoms with Gasteiger partial charge in [-0.15, -0.1) is 0 Å². The zero-order valence-corrected chi connectivity index (χ0v) is 42.6. The first-order chi connectivity index (χ1) is 32.0. The van der Waals surface area contributed by atoms with Gasteiger partial charge < -0.3 is 34.3 Å². The third-order valence-electron chi connectivity index (χ3n) is 12.5. The molecule has 388 valence electrons. The molecule has 0 saturated carbocycles. The van der Waals surface area contributed by atoms with Gasteiger partial charge in [0.2, 0.25) is 0 Å². The second kappa shape index (κ2) is 43.2. The van der Waals surface area contributed by atoms with Gasteiger partial charge in [-0.05, 0) is 51.4 Å². The predicted octanol–water partition coefficient (Wildman–Crippen LogP) is 12.3. The normalized spacial score (nSPS) is 19.5. The van der Waals surface area contributed by atoms with Gasteiger partial charge in [0.25, 0.3) is 10.1 Å².